The maximum absolute atomic E-state index is 9.81. The number of ether oxygens (including phenoxy) is 2. The van der Waals surface area contributed by atoms with E-state index in [2.05, 4.69) is 9.98 Å². The first-order valence-electron chi connectivity index (χ1n) is 8.17. The topological polar surface area (TPSA) is 188 Å². The van der Waals surface area contributed by atoms with Gasteiger partial charge in [-0.25, -0.2) is 9.98 Å². The van der Waals surface area contributed by atoms with E-state index in [-0.39, 0.29) is 23.4 Å². The Morgan fingerprint density at radius 3 is 2.36 bits per heavy atom. The van der Waals surface area contributed by atoms with Gasteiger partial charge in [0.2, 0.25) is 6.23 Å². The summed E-state index contributed by atoms with van der Waals surface area (Å²) in [6.07, 6.45) is 1.49. The summed E-state index contributed by atoms with van der Waals surface area (Å²) in [5, 5.41) is 19.4. The van der Waals surface area contributed by atoms with Crippen LogP contribution >= 0.6 is 0 Å². The van der Waals surface area contributed by atoms with E-state index in [9.17, 15) is 10.2 Å². The molecule has 0 amide bonds. The maximum atomic E-state index is 9.81. The Morgan fingerprint density at radius 1 is 0.893 bits per heavy atom. The minimum atomic E-state index is -0.885. The molecule has 2 atom stereocenters. The number of nitrogens with zero attached hydrogens (tertiary/aromatic N) is 2. The van der Waals surface area contributed by atoms with Gasteiger partial charge in [0.25, 0.3) is 0 Å². The minimum absolute atomic E-state index is 0.0546. The summed E-state index contributed by atoms with van der Waals surface area (Å²) < 4.78 is 11.9. The molecule has 10 N–H and O–H groups in total. The smallest absolute Gasteiger partial charge is 0.234 e. The maximum Gasteiger partial charge on any atom is 0.234 e. The Bertz CT molecular complexity index is 965. The second-order valence-corrected chi connectivity index (χ2v) is 5.92. The van der Waals surface area contributed by atoms with Crippen molar-refractivity contribution in [3.63, 3.8) is 0 Å². The average molecular weight is 384 g/mol. The molecule has 1 aliphatic heterocycles. The molecule has 3 rings (SSSR count). The molecular formula is C18H20N6O4. The molecule has 0 radical (unpaired) electrons. The monoisotopic (exact) mass is 384 g/mol. The van der Waals surface area contributed by atoms with Crippen LogP contribution in [0.5, 0.6) is 23.0 Å². The molecule has 146 valence electrons. The van der Waals surface area contributed by atoms with Crippen LogP contribution in [0.15, 0.2) is 52.6 Å². The van der Waals surface area contributed by atoms with Crippen molar-refractivity contribution >= 4 is 18.0 Å². The van der Waals surface area contributed by atoms with E-state index in [4.69, 9.17) is 32.4 Å². The fraction of sp³-hybridized carbons (Fsp3) is 0.111. The van der Waals surface area contributed by atoms with Crippen molar-refractivity contribution in [2.45, 2.75) is 12.3 Å². The Morgan fingerprint density at radius 2 is 1.68 bits per heavy atom. The first kappa shape index (κ1) is 18.7. The van der Waals surface area contributed by atoms with Crippen LogP contribution in [0.25, 0.3) is 6.08 Å². The van der Waals surface area contributed by atoms with E-state index in [0.717, 1.165) is 5.56 Å². The molecule has 0 aliphatic carbocycles. The Labute approximate surface area is 160 Å². The Kier molecular flexibility index (Phi) is 5.12. The highest BCUT2D eigenvalue weighted by Gasteiger charge is 2.33. The van der Waals surface area contributed by atoms with Crippen molar-refractivity contribution in [2.24, 2.45) is 32.9 Å². The zero-order valence-corrected chi connectivity index (χ0v) is 14.7. The van der Waals surface area contributed by atoms with Gasteiger partial charge in [0.1, 0.15) is 0 Å². The second kappa shape index (κ2) is 7.66. The molecule has 0 bridgehead atoms. The van der Waals surface area contributed by atoms with Crippen LogP contribution in [0.4, 0.5) is 0 Å². The summed E-state index contributed by atoms with van der Waals surface area (Å²) in [6, 6.07) is 9.47. The second-order valence-electron chi connectivity index (χ2n) is 5.92. The lowest BCUT2D eigenvalue weighted by Crippen LogP contribution is -2.35. The highest BCUT2D eigenvalue weighted by atomic mass is 16.6. The summed E-state index contributed by atoms with van der Waals surface area (Å²) >= 11 is 0. The van der Waals surface area contributed by atoms with Gasteiger partial charge in [-0.05, 0) is 35.9 Å². The summed E-state index contributed by atoms with van der Waals surface area (Å²) in [5.74, 6) is 0.0818. The standard InChI is InChI=1S/C18H20N6O4/c19-17(20)23-6-5-9-1-4-13-14(7-9)27-15(16(28-13)24-18(21)22)10-2-3-11(25)12(26)8-10/h1-8,15-16,25-26H,(H4,19,20,23)(H4,21,22,24)/b6-5+/t15?,16-/m1/s1. The lowest BCUT2D eigenvalue weighted by molar-refractivity contribution is 0.0248. The number of aliphatic imine (C=N–C) groups is 2. The zero-order chi connectivity index (χ0) is 20.3. The number of rotatable bonds is 4. The largest absolute Gasteiger partial charge is 0.504 e. The normalized spacial score (nSPS) is 17.9. The van der Waals surface area contributed by atoms with Gasteiger partial charge in [-0.15, -0.1) is 0 Å². The predicted molar refractivity (Wildman–Crippen MR) is 105 cm³/mol. The van der Waals surface area contributed by atoms with Gasteiger partial charge in [0.15, 0.2) is 41.0 Å². The van der Waals surface area contributed by atoms with E-state index in [0.29, 0.717) is 17.1 Å². The van der Waals surface area contributed by atoms with Crippen LogP contribution < -0.4 is 32.4 Å². The van der Waals surface area contributed by atoms with Crippen LogP contribution in [0, 0.1) is 0 Å². The molecule has 2 aromatic rings. The summed E-state index contributed by atoms with van der Waals surface area (Å²) in [5.41, 5.74) is 22.9. The third kappa shape index (κ3) is 4.18. The number of nitrogens with two attached hydrogens (primary N) is 4. The molecule has 1 heterocycles. The number of phenolic OH excluding ortho intramolecular Hbond substituents is 2. The summed E-state index contributed by atoms with van der Waals surface area (Å²) in [6.45, 7) is 0. The molecule has 10 nitrogen and oxygen atoms in total. The van der Waals surface area contributed by atoms with Gasteiger partial charge >= 0.3 is 0 Å². The fourth-order valence-corrected chi connectivity index (χ4v) is 2.61. The van der Waals surface area contributed by atoms with Crippen molar-refractivity contribution < 1.29 is 19.7 Å². The van der Waals surface area contributed by atoms with E-state index in [1.807, 2.05) is 0 Å². The van der Waals surface area contributed by atoms with Crippen LogP contribution in [-0.2, 0) is 0 Å². The van der Waals surface area contributed by atoms with E-state index in [1.54, 1.807) is 30.3 Å². The highest BCUT2D eigenvalue weighted by molar-refractivity contribution is 5.77. The number of fused-ring (bicyclic) bond motifs is 1. The Hall–Kier alpha value is -4.08. The molecule has 28 heavy (non-hydrogen) atoms. The molecular weight excluding hydrogens is 364 g/mol. The molecule has 0 saturated heterocycles. The number of hydrogen-bond acceptors (Lipinski definition) is 6. The van der Waals surface area contributed by atoms with E-state index >= 15 is 0 Å². The van der Waals surface area contributed by atoms with Gasteiger partial charge in [0.05, 0.1) is 0 Å². The number of benzene rings is 2. The Balaban J connectivity index is 1.97. The molecule has 1 aliphatic rings. The third-order valence-electron chi connectivity index (χ3n) is 3.82. The number of aromatic hydroxyl groups is 2. The van der Waals surface area contributed by atoms with Crippen LogP contribution in [-0.4, -0.2) is 28.4 Å². The number of guanidine groups is 2. The molecule has 0 fully saturated rings. The van der Waals surface area contributed by atoms with Crippen LogP contribution in [0.1, 0.15) is 17.2 Å². The fourth-order valence-electron chi connectivity index (χ4n) is 2.61. The first-order chi connectivity index (χ1) is 13.3. The first-order valence-corrected chi connectivity index (χ1v) is 8.17. The van der Waals surface area contributed by atoms with E-state index in [1.165, 1.54) is 18.3 Å². The van der Waals surface area contributed by atoms with Crippen molar-refractivity contribution in [1.29, 1.82) is 0 Å². The minimum Gasteiger partial charge on any atom is -0.504 e. The molecule has 0 saturated carbocycles. The molecule has 0 spiro atoms. The van der Waals surface area contributed by atoms with Gasteiger partial charge in [-0.1, -0.05) is 12.1 Å². The third-order valence-corrected chi connectivity index (χ3v) is 3.82. The predicted octanol–water partition coefficient (Wildman–Crippen LogP) is 0.454. The lowest BCUT2D eigenvalue weighted by Gasteiger charge is -2.32. The lowest BCUT2D eigenvalue weighted by atomic mass is 10.1. The van der Waals surface area contributed by atoms with Crippen LogP contribution in [0.2, 0.25) is 0 Å². The van der Waals surface area contributed by atoms with Crippen molar-refractivity contribution in [1.82, 2.24) is 0 Å². The molecule has 1 unspecified atom stereocenters. The summed E-state index contributed by atoms with van der Waals surface area (Å²) in [7, 11) is 0. The highest BCUT2D eigenvalue weighted by Crippen LogP contribution is 2.42. The van der Waals surface area contributed by atoms with E-state index < -0.39 is 12.3 Å². The average Bonchev–Trinajstić information content (AvgIpc) is 2.63. The SMILES string of the molecule is NC(N)=N/C=C/c1ccc2c(c1)OC(c1ccc(O)c(O)c1)[C@H](N=C(N)N)O2. The number of hydrogen-bond donors (Lipinski definition) is 6. The van der Waals surface area contributed by atoms with Gasteiger partial charge in [-0.3, -0.25) is 0 Å². The zero-order valence-electron chi connectivity index (χ0n) is 14.7. The summed E-state index contributed by atoms with van der Waals surface area (Å²) in [4.78, 5) is 7.84. The molecule has 0 aromatic heterocycles. The van der Waals surface area contributed by atoms with Gasteiger partial charge in [-0.2, -0.15) is 0 Å². The molecule has 2 aromatic carbocycles. The number of phenols is 2. The quantitative estimate of drug-likeness (QED) is 0.249. The van der Waals surface area contributed by atoms with Gasteiger partial charge < -0.3 is 42.6 Å². The van der Waals surface area contributed by atoms with Crippen molar-refractivity contribution in [2.75, 3.05) is 0 Å². The van der Waals surface area contributed by atoms with Crippen molar-refractivity contribution in [3.8, 4) is 23.0 Å². The molecule has 10 heteroatoms. The van der Waals surface area contributed by atoms with Crippen molar-refractivity contribution in [3.05, 3.63) is 53.7 Å². The van der Waals surface area contributed by atoms with Crippen LogP contribution in [0.3, 0.4) is 0 Å². The van der Waals surface area contributed by atoms with Gasteiger partial charge in [0, 0.05) is 11.8 Å².